The number of benzene rings is 1. The SMILES string of the molecule is CCCNC(CN(C)CC)(C(N)=O)c1ccccc1. The zero-order valence-corrected chi connectivity index (χ0v) is 12.1. The number of hydrogen-bond donors (Lipinski definition) is 2. The second kappa shape index (κ2) is 7.26. The molecule has 0 radical (unpaired) electrons. The summed E-state index contributed by atoms with van der Waals surface area (Å²) in [6, 6.07) is 9.73. The molecule has 1 atom stereocenters. The molecule has 0 bridgehead atoms. The van der Waals surface area contributed by atoms with Crippen LogP contribution in [0.5, 0.6) is 0 Å². The van der Waals surface area contributed by atoms with Crippen molar-refractivity contribution < 1.29 is 4.79 Å². The van der Waals surface area contributed by atoms with E-state index in [-0.39, 0.29) is 5.91 Å². The predicted molar refractivity (Wildman–Crippen MR) is 78.8 cm³/mol. The summed E-state index contributed by atoms with van der Waals surface area (Å²) in [5, 5.41) is 3.35. The van der Waals surface area contributed by atoms with E-state index in [0.717, 1.165) is 25.1 Å². The fourth-order valence-corrected chi connectivity index (χ4v) is 2.13. The first-order chi connectivity index (χ1) is 9.06. The van der Waals surface area contributed by atoms with Gasteiger partial charge in [-0.2, -0.15) is 0 Å². The lowest BCUT2D eigenvalue weighted by Crippen LogP contribution is -2.58. The van der Waals surface area contributed by atoms with E-state index in [1.165, 1.54) is 0 Å². The van der Waals surface area contributed by atoms with Gasteiger partial charge in [0.1, 0.15) is 5.54 Å². The van der Waals surface area contributed by atoms with Gasteiger partial charge >= 0.3 is 0 Å². The quantitative estimate of drug-likeness (QED) is 0.743. The monoisotopic (exact) mass is 263 g/mol. The normalized spacial score (nSPS) is 14.3. The standard InChI is InChI=1S/C15H25N3O/c1-4-11-17-15(14(16)19,12-18(3)5-2)13-9-7-6-8-10-13/h6-10,17H,4-5,11-12H2,1-3H3,(H2,16,19). The fourth-order valence-electron chi connectivity index (χ4n) is 2.13. The molecule has 0 saturated carbocycles. The van der Waals surface area contributed by atoms with Crippen LogP contribution in [0, 0.1) is 0 Å². The molecular weight excluding hydrogens is 238 g/mol. The Kier molecular flexibility index (Phi) is 5.99. The number of rotatable bonds is 8. The third-order valence-corrected chi connectivity index (χ3v) is 3.41. The first kappa shape index (κ1) is 15.7. The van der Waals surface area contributed by atoms with Gasteiger partial charge in [-0.1, -0.05) is 44.2 Å². The van der Waals surface area contributed by atoms with Crippen LogP contribution in [0.3, 0.4) is 0 Å². The van der Waals surface area contributed by atoms with Gasteiger partial charge in [0.15, 0.2) is 0 Å². The van der Waals surface area contributed by atoms with Crippen LogP contribution < -0.4 is 11.1 Å². The third-order valence-electron chi connectivity index (χ3n) is 3.41. The van der Waals surface area contributed by atoms with Crippen molar-refractivity contribution in [3.63, 3.8) is 0 Å². The van der Waals surface area contributed by atoms with Crippen LogP contribution in [0.1, 0.15) is 25.8 Å². The Morgan fingerprint density at radius 2 is 1.95 bits per heavy atom. The lowest BCUT2D eigenvalue weighted by Gasteiger charge is -2.35. The van der Waals surface area contributed by atoms with Crippen LogP contribution in [0.25, 0.3) is 0 Å². The molecular formula is C15H25N3O. The van der Waals surface area contributed by atoms with E-state index >= 15 is 0 Å². The second-order valence-corrected chi connectivity index (χ2v) is 4.89. The minimum atomic E-state index is -0.817. The van der Waals surface area contributed by atoms with Gasteiger partial charge in [0.05, 0.1) is 0 Å². The molecule has 1 amide bonds. The molecule has 3 N–H and O–H groups in total. The lowest BCUT2D eigenvalue weighted by atomic mass is 9.88. The summed E-state index contributed by atoms with van der Waals surface area (Å²) in [5.74, 6) is -0.326. The summed E-state index contributed by atoms with van der Waals surface area (Å²) >= 11 is 0. The van der Waals surface area contributed by atoms with E-state index in [4.69, 9.17) is 5.73 Å². The van der Waals surface area contributed by atoms with Gasteiger partial charge in [-0.25, -0.2) is 0 Å². The average molecular weight is 263 g/mol. The Balaban J connectivity index is 3.15. The minimum absolute atomic E-state index is 0.326. The number of carbonyl (C=O) groups is 1. The molecule has 0 saturated heterocycles. The Morgan fingerprint density at radius 3 is 2.42 bits per heavy atom. The molecule has 0 aromatic heterocycles. The second-order valence-electron chi connectivity index (χ2n) is 4.89. The highest BCUT2D eigenvalue weighted by Crippen LogP contribution is 2.22. The Labute approximate surface area is 116 Å². The predicted octanol–water partition coefficient (Wildman–Crippen LogP) is 1.32. The molecule has 19 heavy (non-hydrogen) atoms. The molecule has 1 unspecified atom stereocenters. The van der Waals surface area contributed by atoms with Crippen molar-refractivity contribution in [1.82, 2.24) is 10.2 Å². The van der Waals surface area contributed by atoms with Gasteiger partial charge < -0.3 is 10.6 Å². The molecule has 106 valence electrons. The number of primary amides is 1. The van der Waals surface area contributed by atoms with E-state index in [0.29, 0.717) is 6.54 Å². The molecule has 0 heterocycles. The van der Waals surface area contributed by atoms with E-state index in [1.807, 2.05) is 37.4 Å². The number of likely N-dealkylation sites (N-methyl/N-ethyl adjacent to an activating group) is 1. The number of carbonyl (C=O) groups excluding carboxylic acids is 1. The molecule has 0 aliphatic rings. The Morgan fingerprint density at radius 1 is 1.32 bits per heavy atom. The summed E-state index contributed by atoms with van der Waals surface area (Å²) in [4.78, 5) is 14.2. The topological polar surface area (TPSA) is 58.4 Å². The van der Waals surface area contributed by atoms with Crippen LogP contribution in [-0.2, 0) is 10.3 Å². The summed E-state index contributed by atoms with van der Waals surface area (Å²) in [7, 11) is 1.99. The lowest BCUT2D eigenvalue weighted by molar-refractivity contribution is -0.125. The number of nitrogens with two attached hydrogens (primary N) is 1. The maximum absolute atomic E-state index is 12.1. The van der Waals surface area contributed by atoms with Gasteiger partial charge in [0.2, 0.25) is 5.91 Å². The van der Waals surface area contributed by atoms with Crippen molar-refractivity contribution in [3.8, 4) is 0 Å². The summed E-state index contributed by atoms with van der Waals surface area (Å²) in [6.07, 6.45) is 0.956. The van der Waals surface area contributed by atoms with Crippen molar-refractivity contribution in [2.24, 2.45) is 5.73 Å². The first-order valence-corrected chi connectivity index (χ1v) is 6.85. The molecule has 1 rings (SSSR count). The van der Waals surface area contributed by atoms with E-state index in [1.54, 1.807) is 0 Å². The molecule has 4 heteroatoms. The van der Waals surface area contributed by atoms with Gasteiger partial charge in [0.25, 0.3) is 0 Å². The van der Waals surface area contributed by atoms with Crippen molar-refractivity contribution >= 4 is 5.91 Å². The van der Waals surface area contributed by atoms with Crippen LogP contribution in [0.4, 0.5) is 0 Å². The number of hydrogen-bond acceptors (Lipinski definition) is 3. The van der Waals surface area contributed by atoms with Crippen LogP contribution in [0.2, 0.25) is 0 Å². The Hall–Kier alpha value is -1.39. The maximum atomic E-state index is 12.1. The zero-order chi connectivity index (χ0) is 14.3. The maximum Gasteiger partial charge on any atom is 0.243 e. The van der Waals surface area contributed by atoms with Gasteiger partial charge in [-0.15, -0.1) is 0 Å². The largest absolute Gasteiger partial charge is 0.368 e. The highest BCUT2D eigenvalue weighted by Gasteiger charge is 2.38. The van der Waals surface area contributed by atoms with Crippen molar-refractivity contribution in [2.45, 2.75) is 25.8 Å². The van der Waals surface area contributed by atoms with Crippen molar-refractivity contribution in [2.75, 3.05) is 26.7 Å². The van der Waals surface area contributed by atoms with E-state index < -0.39 is 5.54 Å². The smallest absolute Gasteiger partial charge is 0.243 e. The summed E-state index contributed by atoms with van der Waals surface area (Å²) < 4.78 is 0. The Bertz CT molecular complexity index is 394. The molecule has 0 aliphatic heterocycles. The average Bonchev–Trinajstić information content (AvgIpc) is 2.43. The fraction of sp³-hybridized carbons (Fsp3) is 0.533. The van der Waals surface area contributed by atoms with Gasteiger partial charge in [-0.3, -0.25) is 10.1 Å². The molecule has 0 aliphatic carbocycles. The summed E-state index contributed by atoms with van der Waals surface area (Å²) in [5.41, 5.74) is 5.83. The third kappa shape index (κ3) is 3.78. The van der Waals surface area contributed by atoms with Crippen LogP contribution >= 0.6 is 0 Å². The number of amides is 1. The van der Waals surface area contributed by atoms with E-state index in [9.17, 15) is 4.79 Å². The number of nitrogens with one attached hydrogen (secondary N) is 1. The van der Waals surface area contributed by atoms with Gasteiger partial charge in [-0.05, 0) is 32.1 Å². The molecule has 1 aromatic rings. The molecule has 0 fully saturated rings. The van der Waals surface area contributed by atoms with E-state index in [2.05, 4.69) is 24.1 Å². The van der Waals surface area contributed by atoms with Crippen LogP contribution in [-0.4, -0.2) is 37.5 Å². The van der Waals surface area contributed by atoms with Crippen molar-refractivity contribution in [1.29, 1.82) is 0 Å². The molecule has 1 aromatic carbocycles. The molecule has 0 spiro atoms. The van der Waals surface area contributed by atoms with Crippen molar-refractivity contribution in [3.05, 3.63) is 35.9 Å². The highest BCUT2D eigenvalue weighted by atomic mass is 16.1. The first-order valence-electron chi connectivity index (χ1n) is 6.85. The van der Waals surface area contributed by atoms with Gasteiger partial charge in [0, 0.05) is 6.54 Å². The van der Waals surface area contributed by atoms with Crippen LogP contribution in [0.15, 0.2) is 30.3 Å². The zero-order valence-electron chi connectivity index (χ0n) is 12.1. The number of nitrogens with zero attached hydrogens (tertiary/aromatic N) is 1. The summed E-state index contributed by atoms with van der Waals surface area (Å²) in [6.45, 7) is 6.34. The molecule has 4 nitrogen and oxygen atoms in total. The highest BCUT2D eigenvalue weighted by molar-refractivity contribution is 5.86. The minimum Gasteiger partial charge on any atom is -0.368 e.